The second kappa shape index (κ2) is 10.1. The lowest BCUT2D eigenvalue weighted by molar-refractivity contribution is -0.161. The molecule has 1 aliphatic carbocycles. The van der Waals surface area contributed by atoms with Crippen LogP contribution < -0.4 is 10.0 Å². The predicted molar refractivity (Wildman–Crippen MR) is 139 cm³/mol. The van der Waals surface area contributed by atoms with Gasteiger partial charge in [-0.25, -0.2) is 13.1 Å². The Kier molecular flexibility index (Phi) is 8.06. The highest BCUT2D eigenvalue weighted by Crippen LogP contribution is 2.46. The van der Waals surface area contributed by atoms with Crippen molar-refractivity contribution in [1.82, 2.24) is 10.0 Å². The molecule has 7 nitrogen and oxygen atoms in total. The highest BCUT2D eigenvalue weighted by atomic mass is 32.2. The maximum atomic E-state index is 13.7. The summed E-state index contributed by atoms with van der Waals surface area (Å²) in [6, 6.07) is 4.28. The van der Waals surface area contributed by atoms with Crippen LogP contribution in [0.4, 0.5) is 0 Å². The van der Waals surface area contributed by atoms with E-state index in [9.17, 15) is 18.0 Å². The van der Waals surface area contributed by atoms with Crippen molar-refractivity contribution in [1.29, 1.82) is 0 Å². The third-order valence-corrected chi connectivity index (χ3v) is 10.2. The Bertz CT molecular complexity index is 1080. The van der Waals surface area contributed by atoms with Crippen LogP contribution in [0.3, 0.4) is 0 Å². The van der Waals surface area contributed by atoms with Crippen LogP contribution in [0.5, 0.6) is 0 Å². The van der Waals surface area contributed by atoms with Crippen LogP contribution in [0.25, 0.3) is 0 Å². The smallest absolute Gasteiger partial charge is 0.240 e. The minimum absolute atomic E-state index is 0.0519. The van der Waals surface area contributed by atoms with Crippen molar-refractivity contribution >= 4 is 30.8 Å². The first kappa shape index (κ1) is 28.0. The summed E-state index contributed by atoms with van der Waals surface area (Å²) >= 11 is 0. The van der Waals surface area contributed by atoms with Crippen LogP contribution >= 0.6 is 0 Å². The van der Waals surface area contributed by atoms with Crippen molar-refractivity contribution in [3.63, 3.8) is 0 Å². The second-order valence-electron chi connectivity index (χ2n) is 11.6. The highest BCUT2D eigenvalue weighted by molar-refractivity contribution is 7.89. The molecule has 1 saturated carbocycles. The Morgan fingerprint density at radius 3 is 2.29 bits per heavy atom. The summed E-state index contributed by atoms with van der Waals surface area (Å²) in [6.07, 6.45) is 3.71. The van der Waals surface area contributed by atoms with E-state index in [2.05, 4.69) is 30.8 Å². The van der Waals surface area contributed by atoms with E-state index in [0.717, 1.165) is 25.7 Å². The number of benzene rings is 1. The van der Waals surface area contributed by atoms with Gasteiger partial charge in [0.05, 0.1) is 22.5 Å². The molecule has 0 aromatic heterocycles. The number of amides is 1. The van der Waals surface area contributed by atoms with E-state index in [0.29, 0.717) is 11.1 Å². The van der Waals surface area contributed by atoms with Gasteiger partial charge in [-0.05, 0) is 62.9 Å². The summed E-state index contributed by atoms with van der Waals surface area (Å²) in [4.78, 5) is 26.6. The third kappa shape index (κ3) is 5.58. The Balaban J connectivity index is 1.89. The summed E-state index contributed by atoms with van der Waals surface area (Å²) in [5, 5.41) is 2.95. The number of Topliss-reactive ketones (excluding diaryl/α,β-unsaturated/α-hetero) is 1. The summed E-state index contributed by atoms with van der Waals surface area (Å²) in [6.45, 7) is 15.9. The van der Waals surface area contributed by atoms with Crippen molar-refractivity contribution in [2.24, 2.45) is 17.3 Å². The van der Waals surface area contributed by atoms with Crippen LogP contribution in [0.2, 0.25) is 13.1 Å². The average molecular weight is 522 g/mol. The van der Waals surface area contributed by atoms with Crippen molar-refractivity contribution in [3.8, 4) is 0 Å². The lowest BCUT2D eigenvalue weighted by Crippen LogP contribution is -2.72. The number of rotatable bonds is 9. The number of ketones is 1. The zero-order valence-electron chi connectivity index (χ0n) is 22.3. The van der Waals surface area contributed by atoms with Crippen molar-refractivity contribution in [2.45, 2.75) is 103 Å². The van der Waals surface area contributed by atoms with Crippen LogP contribution in [0.1, 0.15) is 76.2 Å². The molecule has 1 radical (unpaired) electrons. The molecule has 1 aliphatic heterocycles. The van der Waals surface area contributed by atoms with Crippen LogP contribution in [0.15, 0.2) is 23.1 Å². The number of aryl methyl sites for hydroxylation is 1. The Hall–Kier alpha value is -1.55. The zero-order chi connectivity index (χ0) is 26.3. The van der Waals surface area contributed by atoms with Crippen molar-refractivity contribution < 1.29 is 22.4 Å². The normalized spacial score (nSPS) is 24.1. The zero-order valence-corrected chi connectivity index (χ0v) is 24.1. The maximum Gasteiger partial charge on any atom is 0.240 e. The first-order valence-electron chi connectivity index (χ1n) is 12.6. The molecule has 195 valence electrons. The van der Waals surface area contributed by atoms with E-state index in [1.807, 2.05) is 33.9 Å². The molecule has 4 atom stereocenters. The predicted octanol–water partition coefficient (Wildman–Crippen LogP) is 4.22. The lowest BCUT2D eigenvalue weighted by Gasteiger charge is -2.55. The Morgan fingerprint density at radius 1 is 1.17 bits per heavy atom. The standard InChI is InChI=1S/C26H41N2O5SSi/c1-16-13-14-19(34(31,32)28-18-11-9-10-12-18)15-20(16)23(29)17(2)22-21(24(30)27-22)26(6,25(3,4)5)33-35(7)8/h13-15,17-18,21-22,28H,9-12H2,1-8H3,(H,27,30)/t17-,21-,22-,26-/m1/s1. The fraction of sp³-hybridized carbons (Fsp3) is 0.692. The van der Waals surface area contributed by atoms with Gasteiger partial charge in [-0.2, -0.15) is 0 Å². The van der Waals surface area contributed by atoms with Gasteiger partial charge >= 0.3 is 0 Å². The number of hydrogen-bond acceptors (Lipinski definition) is 5. The van der Waals surface area contributed by atoms with Crippen molar-refractivity contribution in [2.75, 3.05) is 0 Å². The SMILES string of the molecule is Cc1ccc(S(=O)(=O)NC2CCCC2)cc1C(=O)[C@H](C)[C@H]1NC(=O)[C@@H]1[C@@](C)(O[Si](C)C)C(C)(C)C. The van der Waals surface area contributed by atoms with Gasteiger partial charge in [0, 0.05) is 17.5 Å². The molecule has 0 spiro atoms. The number of carbonyl (C=O) groups is 2. The summed E-state index contributed by atoms with van der Waals surface area (Å²) in [5.41, 5.74) is 0.0264. The monoisotopic (exact) mass is 521 g/mol. The van der Waals surface area contributed by atoms with Gasteiger partial charge in [0.1, 0.15) is 0 Å². The van der Waals surface area contributed by atoms with Crippen LogP contribution in [0, 0.1) is 24.2 Å². The molecule has 2 N–H and O–H groups in total. The number of hydrogen-bond donors (Lipinski definition) is 2. The number of nitrogens with one attached hydrogen (secondary N) is 2. The maximum absolute atomic E-state index is 13.7. The summed E-state index contributed by atoms with van der Waals surface area (Å²) < 4.78 is 35.2. The van der Waals surface area contributed by atoms with Gasteiger partial charge in [0.25, 0.3) is 0 Å². The fourth-order valence-corrected chi connectivity index (χ4v) is 7.90. The van der Waals surface area contributed by atoms with E-state index in [1.165, 1.54) is 6.07 Å². The topological polar surface area (TPSA) is 102 Å². The van der Waals surface area contributed by atoms with E-state index in [4.69, 9.17) is 4.43 Å². The van der Waals surface area contributed by atoms with E-state index >= 15 is 0 Å². The molecule has 2 aliphatic rings. The molecule has 0 bridgehead atoms. The van der Waals surface area contributed by atoms with Crippen LogP contribution in [-0.4, -0.2) is 46.8 Å². The first-order valence-corrected chi connectivity index (χ1v) is 16.4. The van der Waals surface area contributed by atoms with E-state index in [1.54, 1.807) is 12.1 Å². The molecule has 1 saturated heterocycles. The molecular weight excluding hydrogens is 480 g/mol. The average Bonchev–Trinajstić information content (AvgIpc) is 3.21. The summed E-state index contributed by atoms with van der Waals surface area (Å²) in [7, 11) is -4.83. The highest BCUT2D eigenvalue weighted by Gasteiger charge is 2.59. The van der Waals surface area contributed by atoms with Gasteiger partial charge in [-0.3, -0.25) is 9.59 Å². The van der Waals surface area contributed by atoms with Gasteiger partial charge in [0.15, 0.2) is 5.78 Å². The van der Waals surface area contributed by atoms with Gasteiger partial charge in [-0.1, -0.05) is 46.6 Å². The molecule has 1 aromatic rings. The molecule has 3 rings (SSSR count). The quantitative estimate of drug-likeness (QED) is 0.288. The first-order chi connectivity index (χ1) is 16.1. The van der Waals surface area contributed by atoms with Crippen molar-refractivity contribution in [3.05, 3.63) is 29.3 Å². The molecule has 1 aromatic carbocycles. The molecular formula is C26H41N2O5SSi. The molecule has 0 unspecified atom stereocenters. The molecule has 2 fully saturated rings. The molecule has 1 heterocycles. The van der Waals surface area contributed by atoms with Gasteiger partial charge in [-0.15, -0.1) is 0 Å². The number of carbonyl (C=O) groups excluding carboxylic acids is 2. The second-order valence-corrected chi connectivity index (χ2v) is 15.3. The number of β-lactam (4-membered cyclic amide) rings is 1. The van der Waals surface area contributed by atoms with E-state index in [-0.39, 0.29) is 28.0 Å². The van der Waals surface area contributed by atoms with Gasteiger partial charge < -0.3 is 9.74 Å². The molecule has 35 heavy (non-hydrogen) atoms. The molecule has 1 amide bonds. The third-order valence-electron chi connectivity index (χ3n) is 7.86. The minimum Gasteiger partial charge on any atom is -0.411 e. The molecule has 9 heteroatoms. The van der Waals surface area contributed by atoms with E-state index < -0.39 is 42.5 Å². The minimum atomic E-state index is -3.72. The lowest BCUT2D eigenvalue weighted by atomic mass is 9.62. The largest absolute Gasteiger partial charge is 0.411 e. The van der Waals surface area contributed by atoms with Crippen LogP contribution in [-0.2, 0) is 19.2 Å². The Morgan fingerprint density at radius 2 is 1.77 bits per heavy atom. The fourth-order valence-electron chi connectivity index (χ4n) is 5.29. The summed E-state index contributed by atoms with van der Waals surface area (Å²) in [5.74, 6) is -1.29. The van der Waals surface area contributed by atoms with Gasteiger partial charge in [0.2, 0.25) is 25.0 Å². The number of sulfonamides is 1. The Labute approximate surface area is 212 Å².